The molecule has 27 heavy (non-hydrogen) atoms. The van der Waals surface area contributed by atoms with Gasteiger partial charge in [0.05, 0.1) is 18.4 Å². The van der Waals surface area contributed by atoms with Gasteiger partial charge in [-0.15, -0.1) is 0 Å². The van der Waals surface area contributed by atoms with E-state index in [1.165, 1.54) is 12.7 Å². The minimum atomic E-state index is -0.332. The Bertz CT molecular complexity index is 1010. The normalized spacial score (nSPS) is 16.3. The first-order chi connectivity index (χ1) is 13.2. The van der Waals surface area contributed by atoms with Gasteiger partial charge in [0.1, 0.15) is 0 Å². The molecule has 2 aliphatic rings. The monoisotopic (exact) mass is 358 g/mol. The molecule has 1 spiro atoms. The van der Waals surface area contributed by atoms with Gasteiger partial charge < -0.3 is 9.64 Å². The molecule has 0 N–H and O–H groups in total. The van der Waals surface area contributed by atoms with Crippen LogP contribution in [0.1, 0.15) is 28.8 Å². The van der Waals surface area contributed by atoms with Gasteiger partial charge in [0, 0.05) is 41.8 Å². The molecule has 1 aliphatic carbocycles. The first-order valence-corrected chi connectivity index (χ1v) is 8.94. The fourth-order valence-electron chi connectivity index (χ4n) is 3.80. The van der Waals surface area contributed by atoms with Crippen molar-refractivity contribution in [2.75, 3.05) is 18.6 Å². The first-order valence-electron chi connectivity index (χ1n) is 8.94. The van der Waals surface area contributed by atoms with Crippen LogP contribution in [-0.4, -0.2) is 34.6 Å². The Balaban J connectivity index is 1.52. The summed E-state index contributed by atoms with van der Waals surface area (Å²) in [5, 5.41) is 0. The third-order valence-corrected chi connectivity index (χ3v) is 5.44. The number of hydrogen-bond acceptors (Lipinski definition) is 6. The van der Waals surface area contributed by atoms with E-state index in [0.29, 0.717) is 11.5 Å². The van der Waals surface area contributed by atoms with Crippen molar-refractivity contribution in [1.29, 1.82) is 0 Å². The molecular weight excluding hydrogens is 340 g/mol. The van der Waals surface area contributed by atoms with E-state index in [1.807, 2.05) is 30.3 Å². The highest BCUT2D eigenvalue weighted by atomic mass is 16.5. The minimum absolute atomic E-state index is 0.174. The molecule has 0 radical (unpaired) electrons. The van der Waals surface area contributed by atoms with Gasteiger partial charge >= 0.3 is 5.97 Å². The third-order valence-electron chi connectivity index (χ3n) is 5.44. The summed E-state index contributed by atoms with van der Waals surface area (Å²) in [6.45, 7) is 0.843. The average Bonchev–Trinajstić information content (AvgIpc) is 3.45. The Hall–Kier alpha value is -3.28. The van der Waals surface area contributed by atoms with Crippen LogP contribution in [0, 0.1) is 0 Å². The predicted octanol–water partition coefficient (Wildman–Crippen LogP) is 3.51. The molecule has 0 bridgehead atoms. The Labute approximate surface area is 156 Å². The average molecular weight is 358 g/mol. The zero-order chi connectivity index (χ0) is 18.4. The van der Waals surface area contributed by atoms with Gasteiger partial charge in [0.25, 0.3) is 0 Å². The highest BCUT2D eigenvalue weighted by molar-refractivity contribution is 5.92. The van der Waals surface area contributed by atoms with Crippen molar-refractivity contribution in [3.05, 3.63) is 66.1 Å². The zero-order valence-electron chi connectivity index (χ0n) is 14.9. The maximum Gasteiger partial charge on any atom is 0.337 e. The number of carbonyl (C=O) groups excluding carboxylic acids is 1. The smallest absolute Gasteiger partial charge is 0.337 e. The number of ether oxygens (including phenoxy) is 1. The van der Waals surface area contributed by atoms with Crippen LogP contribution in [0.5, 0.6) is 0 Å². The van der Waals surface area contributed by atoms with Gasteiger partial charge in [-0.1, -0.05) is 12.1 Å². The zero-order valence-corrected chi connectivity index (χ0v) is 14.9. The Kier molecular flexibility index (Phi) is 3.47. The van der Waals surface area contributed by atoms with E-state index in [4.69, 9.17) is 4.74 Å². The molecule has 0 atom stereocenters. The molecule has 6 nitrogen and oxygen atoms in total. The van der Waals surface area contributed by atoms with Gasteiger partial charge in [-0.25, -0.2) is 14.8 Å². The number of fused-ring (bicyclic) bond motifs is 2. The van der Waals surface area contributed by atoms with E-state index >= 15 is 0 Å². The lowest BCUT2D eigenvalue weighted by molar-refractivity contribution is 0.0601. The standard InChI is InChI=1S/C21H18N4O2/c1-27-19(26)14-5-6-16-18(10-14)25(13-21(16)7-8-21)20-23-11-15(12-24-20)17-4-2-3-9-22-17/h2-6,9-12H,7-8,13H2,1H3. The summed E-state index contributed by atoms with van der Waals surface area (Å²) in [5.41, 5.74) is 4.71. The second kappa shape index (κ2) is 5.87. The van der Waals surface area contributed by atoms with Crippen LogP contribution in [0.2, 0.25) is 0 Å². The van der Waals surface area contributed by atoms with Crippen molar-refractivity contribution in [2.24, 2.45) is 0 Å². The lowest BCUT2D eigenvalue weighted by Crippen LogP contribution is -2.21. The van der Waals surface area contributed by atoms with Crippen molar-refractivity contribution in [2.45, 2.75) is 18.3 Å². The highest BCUT2D eigenvalue weighted by Crippen LogP contribution is 2.57. The Morgan fingerprint density at radius 3 is 2.59 bits per heavy atom. The number of rotatable bonds is 3. The summed E-state index contributed by atoms with van der Waals surface area (Å²) in [6.07, 6.45) is 7.66. The van der Waals surface area contributed by atoms with Crippen LogP contribution in [0.25, 0.3) is 11.3 Å². The van der Waals surface area contributed by atoms with Gasteiger partial charge in [0.15, 0.2) is 0 Å². The molecule has 2 aromatic heterocycles. The molecule has 3 heterocycles. The van der Waals surface area contributed by atoms with Crippen LogP contribution in [0.3, 0.4) is 0 Å². The summed E-state index contributed by atoms with van der Waals surface area (Å²) in [6, 6.07) is 11.6. The first kappa shape index (κ1) is 15.9. The summed E-state index contributed by atoms with van der Waals surface area (Å²) in [7, 11) is 1.40. The van der Waals surface area contributed by atoms with Crippen LogP contribution in [0.15, 0.2) is 55.0 Å². The van der Waals surface area contributed by atoms with E-state index in [-0.39, 0.29) is 11.4 Å². The lowest BCUT2D eigenvalue weighted by atomic mass is 9.97. The van der Waals surface area contributed by atoms with E-state index < -0.39 is 0 Å². The Morgan fingerprint density at radius 1 is 1.11 bits per heavy atom. The summed E-state index contributed by atoms with van der Waals surface area (Å²) >= 11 is 0. The highest BCUT2D eigenvalue weighted by Gasteiger charge is 2.52. The van der Waals surface area contributed by atoms with Crippen LogP contribution in [0.4, 0.5) is 11.6 Å². The van der Waals surface area contributed by atoms with Crippen molar-refractivity contribution in [3.63, 3.8) is 0 Å². The van der Waals surface area contributed by atoms with Crippen LogP contribution < -0.4 is 4.90 Å². The molecule has 1 aromatic carbocycles. The molecule has 0 unspecified atom stereocenters. The van der Waals surface area contributed by atoms with E-state index in [2.05, 4.69) is 25.9 Å². The van der Waals surface area contributed by atoms with E-state index in [0.717, 1.165) is 36.3 Å². The van der Waals surface area contributed by atoms with Crippen molar-refractivity contribution in [1.82, 2.24) is 15.0 Å². The van der Waals surface area contributed by atoms with Gasteiger partial charge in [-0.05, 0) is 42.7 Å². The van der Waals surface area contributed by atoms with E-state index in [9.17, 15) is 4.79 Å². The number of nitrogens with zero attached hydrogens (tertiary/aromatic N) is 4. The second-order valence-electron chi connectivity index (χ2n) is 7.08. The minimum Gasteiger partial charge on any atom is -0.465 e. The van der Waals surface area contributed by atoms with Gasteiger partial charge in [-0.3, -0.25) is 4.98 Å². The van der Waals surface area contributed by atoms with E-state index in [1.54, 1.807) is 18.6 Å². The second-order valence-corrected chi connectivity index (χ2v) is 7.08. The number of methoxy groups -OCH3 is 1. The van der Waals surface area contributed by atoms with Crippen molar-refractivity contribution in [3.8, 4) is 11.3 Å². The molecular formula is C21H18N4O2. The fourth-order valence-corrected chi connectivity index (χ4v) is 3.80. The van der Waals surface area contributed by atoms with Gasteiger partial charge in [0.2, 0.25) is 5.95 Å². The number of hydrogen-bond donors (Lipinski definition) is 0. The number of carbonyl (C=O) groups is 1. The van der Waals surface area contributed by atoms with Crippen molar-refractivity contribution >= 4 is 17.6 Å². The van der Waals surface area contributed by atoms with Crippen molar-refractivity contribution < 1.29 is 9.53 Å². The molecule has 1 aliphatic heterocycles. The summed E-state index contributed by atoms with van der Waals surface area (Å²) in [5.74, 6) is 0.308. The Morgan fingerprint density at radius 2 is 1.93 bits per heavy atom. The van der Waals surface area contributed by atoms with Gasteiger partial charge in [-0.2, -0.15) is 0 Å². The topological polar surface area (TPSA) is 68.2 Å². The summed E-state index contributed by atoms with van der Waals surface area (Å²) in [4.78, 5) is 27.6. The molecule has 0 amide bonds. The SMILES string of the molecule is COC(=O)c1ccc2c(c1)N(c1ncc(-c3ccccn3)cn1)CC21CC1. The molecule has 1 saturated carbocycles. The quantitative estimate of drug-likeness (QED) is 0.668. The summed E-state index contributed by atoms with van der Waals surface area (Å²) < 4.78 is 4.87. The number of esters is 1. The molecule has 0 saturated heterocycles. The largest absolute Gasteiger partial charge is 0.465 e. The molecule has 5 rings (SSSR count). The van der Waals surface area contributed by atoms with Crippen LogP contribution in [-0.2, 0) is 10.2 Å². The number of anilines is 2. The molecule has 134 valence electrons. The fraction of sp³-hybridized carbons (Fsp3) is 0.238. The maximum atomic E-state index is 12.0. The maximum absolute atomic E-state index is 12.0. The third kappa shape index (κ3) is 2.56. The molecule has 6 heteroatoms. The number of benzene rings is 1. The number of aromatic nitrogens is 3. The van der Waals surface area contributed by atoms with Crippen LogP contribution >= 0.6 is 0 Å². The lowest BCUT2D eigenvalue weighted by Gasteiger charge is -2.18. The number of pyridine rings is 1. The predicted molar refractivity (Wildman–Crippen MR) is 101 cm³/mol. The molecule has 3 aromatic rings. The molecule has 1 fully saturated rings.